The molecule has 0 atom stereocenters. The van der Waals surface area contributed by atoms with Gasteiger partial charge in [0.25, 0.3) is 0 Å². The van der Waals surface area contributed by atoms with Gasteiger partial charge >= 0.3 is 7.82 Å². The average Bonchev–Trinajstić information content (AvgIpc) is 2.47. The molecule has 0 N–H and O–H groups in total. The van der Waals surface area contributed by atoms with Gasteiger partial charge in [-0.25, -0.2) is 4.57 Å². The largest absolute Gasteiger partial charge is 0.530 e. The van der Waals surface area contributed by atoms with Gasteiger partial charge in [-0.2, -0.15) is 0 Å². The number of phosphoric acid groups is 1. The monoisotopic (exact) mass is 310 g/mol. The van der Waals surface area contributed by atoms with E-state index in [9.17, 15) is 4.57 Å². The van der Waals surface area contributed by atoms with Gasteiger partial charge in [0.05, 0.1) is 20.3 Å². The maximum Gasteiger partial charge on any atom is 0.530 e. The van der Waals surface area contributed by atoms with Crippen LogP contribution in [0.2, 0.25) is 0 Å². The second kappa shape index (κ2) is 8.53. The van der Waals surface area contributed by atoms with Crippen molar-refractivity contribution in [1.82, 2.24) is 0 Å². The van der Waals surface area contributed by atoms with Gasteiger partial charge in [0.15, 0.2) is 0 Å². The Morgan fingerprint density at radius 1 is 1.24 bits per heavy atom. The van der Waals surface area contributed by atoms with E-state index < -0.39 is 7.82 Å². The average molecular weight is 310 g/mol. The molecule has 1 aromatic carbocycles. The van der Waals surface area contributed by atoms with E-state index in [1.54, 1.807) is 45.2 Å². The number of methoxy groups -OCH3 is 1. The molecule has 21 heavy (non-hydrogen) atoms. The first kappa shape index (κ1) is 17.3. The van der Waals surface area contributed by atoms with Crippen LogP contribution in [-0.4, -0.2) is 20.3 Å². The first-order valence-corrected chi connectivity index (χ1v) is 7.94. The Morgan fingerprint density at radius 3 is 2.24 bits per heavy atom. The predicted molar refractivity (Wildman–Crippen MR) is 81.7 cm³/mol. The van der Waals surface area contributed by atoms with Gasteiger partial charge in [-0.1, -0.05) is 5.92 Å². The van der Waals surface area contributed by atoms with E-state index in [2.05, 4.69) is 5.92 Å². The number of terminal acetylenes is 1. The van der Waals surface area contributed by atoms with Crippen LogP contribution >= 0.6 is 7.82 Å². The van der Waals surface area contributed by atoms with Crippen molar-refractivity contribution < 1.29 is 22.9 Å². The van der Waals surface area contributed by atoms with E-state index in [1.165, 1.54) is 6.08 Å². The van der Waals surface area contributed by atoms with Crippen LogP contribution in [0.4, 0.5) is 0 Å². The molecule has 114 valence electrons. The Balaban J connectivity index is 3.04. The number of allylic oxidation sites excluding steroid dienone is 1. The van der Waals surface area contributed by atoms with Crippen molar-refractivity contribution in [3.63, 3.8) is 0 Å². The maximum absolute atomic E-state index is 12.4. The Hall–Kier alpha value is -1.73. The van der Waals surface area contributed by atoms with Crippen LogP contribution < -0.4 is 4.74 Å². The van der Waals surface area contributed by atoms with Crippen molar-refractivity contribution in [2.45, 2.75) is 13.8 Å². The van der Waals surface area contributed by atoms with Crippen LogP contribution in [0.5, 0.6) is 5.75 Å². The minimum atomic E-state index is -3.68. The second-order valence-electron chi connectivity index (χ2n) is 3.78. The molecule has 1 aromatic rings. The van der Waals surface area contributed by atoms with Gasteiger partial charge in [-0.05, 0) is 38.1 Å². The summed E-state index contributed by atoms with van der Waals surface area (Å²) in [6, 6.07) is 6.97. The quantitative estimate of drug-likeness (QED) is 0.414. The van der Waals surface area contributed by atoms with Crippen LogP contribution in [0.3, 0.4) is 0 Å². The molecule has 0 bridgehead atoms. The third-order valence-electron chi connectivity index (χ3n) is 2.37. The summed E-state index contributed by atoms with van der Waals surface area (Å²) in [6.07, 6.45) is 6.65. The number of ether oxygens (including phenoxy) is 1. The minimum Gasteiger partial charge on any atom is -0.497 e. The lowest BCUT2D eigenvalue weighted by Gasteiger charge is -2.18. The topological polar surface area (TPSA) is 54.0 Å². The normalized spacial score (nSPS) is 11.8. The third kappa shape index (κ3) is 5.28. The molecule has 0 spiro atoms. The van der Waals surface area contributed by atoms with E-state index in [-0.39, 0.29) is 19.0 Å². The molecule has 0 saturated heterocycles. The highest BCUT2D eigenvalue weighted by atomic mass is 31.2. The summed E-state index contributed by atoms with van der Waals surface area (Å²) in [7, 11) is -2.11. The fraction of sp³-hybridized carbons (Fsp3) is 0.333. The van der Waals surface area contributed by atoms with E-state index >= 15 is 0 Å². The number of rotatable bonds is 8. The van der Waals surface area contributed by atoms with Gasteiger partial charge in [0.1, 0.15) is 11.5 Å². The fourth-order valence-electron chi connectivity index (χ4n) is 1.52. The number of phosphoric ester groups is 1. The van der Waals surface area contributed by atoms with Gasteiger partial charge in [0, 0.05) is 11.6 Å². The molecule has 0 aliphatic carbocycles. The third-order valence-corrected chi connectivity index (χ3v) is 3.94. The molecule has 6 heteroatoms. The summed E-state index contributed by atoms with van der Waals surface area (Å²) in [5, 5.41) is 0. The highest BCUT2D eigenvalue weighted by Crippen LogP contribution is 2.52. The molecule has 0 aliphatic rings. The van der Waals surface area contributed by atoms with E-state index in [4.69, 9.17) is 24.7 Å². The van der Waals surface area contributed by atoms with Gasteiger partial charge in [0.2, 0.25) is 0 Å². The molecule has 0 saturated carbocycles. The molecule has 0 fully saturated rings. The summed E-state index contributed by atoms with van der Waals surface area (Å²) < 4.78 is 33.1. The van der Waals surface area contributed by atoms with Crippen LogP contribution in [0.15, 0.2) is 30.3 Å². The van der Waals surface area contributed by atoms with Gasteiger partial charge in [-0.3, -0.25) is 9.05 Å². The Morgan fingerprint density at radius 2 is 1.81 bits per heavy atom. The lowest BCUT2D eigenvalue weighted by Crippen LogP contribution is -2.00. The van der Waals surface area contributed by atoms with Crippen LogP contribution in [0.1, 0.15) is 19.4 Å². The van der Waals surface area contributed by atoms with E-state index in [1.807, 2.05) is 0 Å². The van der Waals surface area contributed by atoms with Crippen molar-refractivity contribution in [2.75, 3.05) is 20.3 Å². The van der Waals surface area contributed by atoms with Crippen molar-refractivity contribution in [1.29, 1.82) is 0 Å². The fourth-order valence-corrected chi connectivity index (χ4v) is 2.73. The van der Waals surface area contributed by atoms with Crippen molar-refractivity contribution >= 4 is 13.6 Å². The first-order valence-electron chi connectivity index (χ1n) is 6.48. The van der Waals surface area contributed by atoms with Gasteiger partial charge in [-0.15, -0.1) is 6.42 Å². The molecule has 0 unspecified atom stereocenters. The van der Waals surface area contributed by atoms with Crippen LogP contribution in [-0.2, 0) is 18.1 Å². The first-order chi connectivity index (χ1) is 10.1. The molecule has 1 rings (SSSR count). The summed E-state index contributed by atoms with van der Waals surface area (Å²) in [6.45, 7) is 3.80. The number of hydrogen-bond acceptors (Lipinski definition) is 5. The summed E-state index contributed by atoms with van der Waals surface area (Å²) in [4.78, 5) is 0. The summed E-state index contributed by atoms with van der Waals surface area (Å²) in [5.74, 6) is 3.28. The molecule has 0 aliphatic heterocycles. The molecule has 5 nitrogen and oxygen atoms in total. The predicted octanol–water partition coefficient (Wildman–Crippen LogP) is 3.87. The van der Waals surface area contributed by atoms with E-state index in [0.717, 1.165) is 0 Å². The highest BCUT2D eigenvalue weighted by molar-refractivity contribution is 7.48. The Labute approximate surface area is 125 Å². The summed E-state index contributed by atoms with van der Waals surface area (Å²) in [5.41, 5.74) is 0.647. The molecular weight excluding hydrogens is 291 g/mol. The SMILES string of the molecule is C#C/C=C(\OP(=O)(OCC)OCC)c1ccc(OC)cc1. The highest BCUT2D eigenvalue weighted by Gasteiger charge is 2.28. The molecule has 0 radical (unpaired) electrons. The molecule has 0 amide bonds. The Kier molecular flexibility index (Phi) is 7.04. The van der Waals surface area contributed by atoms with Gasteiger partial charge < -0.3 is 9.26 Å². The zero-order valence-electron chi connectivity index (χ0n) is 12.4. The van der Waals surface area contributed by atoms with Crippen molar-refractivity contribution in [3.8, 4) is 18.1 Å². The van der Waals surface area contributed by atoms with E-state index in [0.29, 0.717) is 11.3 Å². The lowest BCUT2D eigenvalue weighted by molar-refractivity contribution is 0.159. The number of hydrogen-bond donors (Lipinski definition) is 0. The number of benzene rings is 1. The lowest BCUT2D eigenvalue weighted by atomic mass is 10.2. The van der Waals surface area contributed by atoms with Crippen LogP contribution in [0.25, 0.3) is 5.76 Å². The maximum atomic E-state index is 12.4. The second-order valence-corrected chi connectivity index (χ2v) is 5.37. The molecule has 0 aromatic heterocycles. The van der Waals surface area contributed by atoms with Crippen molar-refractivity contribution in [2.24, 2.45) is 0 Å². The zero-order valence-corrected chi connectivity index (χ0v) is 13.3. The Bertz CT molecular complexity index is 546. The molecule has 0 heterocycles. The molecular formula is C15H19O5P. The smallest absolute Gasteiger partial charge is 0.497 e. The van der Waals surface area contributed by atoms with Crippen molar-refractivity contribution in [3.05, 3.63) is 35.9 Å². The standard InChI is InChI=1S/C15H19O5P/c1-5-8-15(13-9-11-14(17-4)12-10-13)20-21(16,18-6-2)19-7-3/h1,8-12H,6-7H2,2-4H3/b15-8-. The minimum absolute atomic E-state index is 0.198. The summed E-state index contributed by atoms with van der Waals surface area (Å²) >= 11 is 0. The zero-order chi connectivity index (χ0) is 15.7. The van der Waals surface area contributed by atoms with Crippen LogP contribution in [0, 0.1) is 12.3 Å².